The molecule has 3 rings (SSSR count). The number of rotatable bonds is 6. The van der Waals surface area contributed by atoms with Crippen LogP contribution in [0.4, 0.5) is 5.69 Å². The lowest BCUT2D eigenvalue weighted by Crippen LogP contribution is -2.38. The van der Waals surface area contributed by atoms with Gasteiger partial charge in [0.25, 0.3) is 5.91 Å². The van der Waals surface area contributed by atoms with Gasteiger partial charge >= 0.3 is 0 Å². The molecule has 1 heterocycles. The van der Waals surface area contributed by atoms with Crippen molar-refractivity contribution in [3.8, 4) is 11.5 Å². The third-order valence-electron chi connectivity index (χ3n) is 5.00. The predicted molar refractivity (Wildman–Crippen MR) is 108 cm³/mol. The van der Waals surface area contributed by atoms with Crippen molar-refractivity contribution in [2.75, 3.05) is 26.0 Å². The van der Waals surface area contributed by atoms with Gasteiger partial charge in [0.15, 0.2) is 11.5 Å². The summed E-state index contributed by atoms with van der Waals surface area (Å²) in [6.07, 6.45) is 2.66. The molecule has 6 nitrogen and oxygen atoms in total. The molecular formula is C22H26N2O4. The van der Waals surface area contributed by atoms with E-state index in [-0.39, 0.29) is 18.6 Å². The number of likely N-dealkylation sites (tertiary alicyclic amines) is 1. The van der Waals surface area contributed by atoms with Gasteiger partial charge in [0.2, 0.25) is 0 Å². The maximum atomic E-state index is 13.1. The van der Waals surface area contributed by atoms with Gasteiger partial charge in [-0.1, -0.05) is 42.0 Å². The number of nitrogens with zero attached hydrogens (tertiary/aromatic N) is 1. The predicted octanol–water partition coefficient (Wildman–Crippen LogP) is 3.01. The molecule has 1 fully saturated rings. The molecule has 28 heavy (non-hydrogen) atoms. The molecule has 0 unspecified atom stereocenters. The molecule has 0 spiro atoms. The van der Waals surface area contributed by atoms with Crippen LogP contribution in [0.5, 0.6) is 11.5 Å². The van der Waals surface area contributed by atoms with Crippen molar-refractivity contribution in [3.05, 3.63) is 65.2 Å². The van der Waals surface area contributed by atoms with Crippen molar-refractivity contribution in [2.24, 2.45) is 0 Å². The molecule has 1 atom stereocenters. The lowest BCUT2D eigenvalue weighted by atomic mass is 10.1. The van der Waals surface area contributed by atoms with Gasteiger partial charge in [0, 0.05) is 18.3 Å². The average molecular weight is 382 g/mol. The number of nitrogen functional groups attached to an aromatic ring is 1. The van der Waals surface area contributed by atoms with Crippen LogP contribution >= 0.6 is 0 Å². The number of ether oxygens (including phenoxy) is 2. The van der Waals surface area contributed by atoms with Crippen LogP contribution in [0.25, 0.3) is 0 Å². The van der Waals surface area contributed by atoms with E-state index >= 15 is 0 Å². The Hall–Kier alpha value is -2.99. The molecule has 1 saturated heterocycles. The number of aliphatic hydroxyl groups excluding tert-OH is 1. The zero-order valence-corrected chi connectivity index (χ0v) is 16.2. The summed E-state index contributed by atoms with van der Waals surface area (Å²) >= 11 is 0. The summed E-state index contributed by atoms with van der Waals surface area (Å²) in [4.78, 5) is 14.7. The van der Waals surface area contributed by atoms with Crippen molar-refractivity contribution in [1.82, 2.24) is 4.90 Å². The molecule has 6 heteroatoms. The SMILES string of the molecule is C/C=C1/C[C@@H](CO)N(C(=O)c2cc(OC)c(OCc3ccccc3)cc2N)C1. The number of nitrogens with two attached hydrogens (primary N) is 1. The highest BCUT2D eigenvalue weighted by Crippen LogP contribution is 2.35. The normalized spacial score (nSPS) is 17.8. The minimum absolute atomic E-state index is 0.0849. The van der Waals surface area contributed by atoms with E-state index < -0.39 is 0 Å². The molecule has 3 N–H and O–H groups in total. The smallest absolute Gasteiger partial charge is 0.256 e. The highest BCUT2D eigenvalue weighted by molar-refractivity contribution is 6.00. The molecule has 2 aromatic rings. The number of methoxy groups -OCH3 is 1. The topological polar surface area (TPSA) is 85.0 Å². The molecule has 0 saturated carbocycles. The summed E-state index contributed by atoms with van der Waals surface area (Å²) in [7, 11) is 1.53. The maximum Gasteiger partial charge on any atom is 0.256 e. The number of benzene rings is 2. The van der Waals surface area contributed by atoms with Crippen LogP contribution in [0.15, 0.2) is 54.1 Å². The van der Waals surface area contributed by atoms with E-state index in [1.54, 1.807) is 17.0 Å². The Morgan fingerprint density at radius 1 is 1.29 bits per heavy atom. The van der Waals surface area contributed by atoms with Crippen LogP contribution in [0, 0.1) is 0 Å². The van der Waals surface area contributed by atoms with E-state index in [4.69, 9.17) is 15.2 Å². The van der Waals surface area contributed by atoms with Crippen molar-refractivity contribution < 1.29 is 19.4 Å². The summed E-state index contributed by atoms with van der Waals surface area (Å²) in [6, 6.07) is 12.8. The van der Waals surface area contributed by atoms with Crippen LogP contribution in [-0.2, 0) is 6.61 Å². The Morgan fingerprint density at radius 2 is 2.04 bits per heavy atom. The molecule has 1 amide bonds. The van der Waals surface area contributed by atoms with Crippen molar-refractivity contribution in [3.63, 3.8) is 0 Å². The molecule has 2 aromatic carbocycles. The zero-order chi connectivity index (χ0) is 20.1. The van der Waals surface area contributed by atoms with Gasteiger partial charge < -0.3 is 25.2 Å². The van der Waals surface area contributed by atoms with Gasteiger partial charge in [-0.2, -0.15) is 0 Å². The second-order valence-electron chi connectivity index (χ2n) is 6.79. The first-order valence-corrected chi connectivity index (χ1v) is 9.27. The first-order chi connectivity index (χ1) is 13.6. The molecule has 0 aliphatic carbocycles. The third-order valence-corrected chi connectivity index (χ3v) is 5.00. The standard InChI is InChI=1S/C22H26N2O4/c1-3-15-9-17(13-25)24(12-15)22(26)18-10-20(27-2)21(11-19(18)23)28-14-16-7-5-4-6-8-16/h3-8,10-11,17,25H,9,12-14,23H2,1-2H3/b15-3-/t17-/m0/s1. The maximum absolute atomic E-state index is 13.1. The molecule has 1 aliphatic heterocycles. The van der Waals surface area contributed by atoms with E-state index in [1.807, 2.05) is 43.3 Å². The first kappa shape index (κ1) is 19.8. The Kier molecular flexibility index (Phi) is 6.21. The zero-order valence-electron chi connectivity index (χ0n) is 16.2. The summed E-state index contributed by atoms with van der Waals surface area (Å²) < 4.78 is 11.3. The highest BCUT2D eigenvalue weighted by Gasteiger charge is 2.32. The van der Waals surface area contributed by atoms with Crippen LogP contribution < -0.4 is 15.2 Å². The molecule has 1 aliphatic rings. The molecule has 0 aromatic heterocycles. The van der Waals surface area contributed by atoms with E-state index in [9.17, 15) is 9.90 Å². The van der Waals surface area contributed by atoms with Crippen LogP contribution in [-0.4, -0.2) is 42.2 Å². The first-order valence-electron chi connectivity index (χ1n) is 9.27. The van der Waals surface area contributed by atoms with E-state index in [0.717, 1.165) is 11.1 Å². The summed E-state index contributed by atoms with van der Waals surface area (Å²) in [5.74, 6) is 0.704. The molecule has 0 bridgehead atoms. The largest absolute Gasteiger partial charge is 0.493 e. The van der Waals surface area contributed by atoms with Gasteiger partial charge in [0.1, 0.15) is 6.61 Å². The lowest BCUT2D eigenvalue weighted by molar-refractivity contribution is 0.0680. The Bertz CT molecular complexity index is 864. The van der Waals surface area contributed by atoms with Crippen LogP contribution in [0.1, 0.15) is 29.3 Å². The minimum atomic E-state index is -0.238. The Balaban J connectivity index is 1.83. The second kappa shape index (κ2) is 8.80. The number of amides is 1. The fraction of sp³-hybridized carbons (Fsp3) is 0.318. The highest BCUT2D eigenvalue weighted by atomic mass is 16.5. The number of aliphatic hydroxyl groups is 1. The van der Waals surface area contributed by atoms with Gasteiger partial charge in [0.05, 0.1) is 25.3 Å². The van der Waals surface area contributed by atoms with Gasteiger partial charge in [-0.15, -0.1) is 0 Å². The minimum Gasteiger partial charge on any atom is -0.493 e. The van der Waals surface area contributed by atoms with Crippen molar-refractivity contribution >= 4 is 11.6 Å². The van der Waals surface area contributed by atoms with Gasteiger partial charge in [-0.25, -0.2) is 0 Å². The van der Waals surface area contributed by atoms with Crippen molar-refractivity contribution in [1.29, 1.82) is 0 Å². The van der Waals surface area contributed by atoms with Crippen molar-refractivity contribution in [2.45, 2.75) is 26.0 Å². The quantitative estimate of drug-likeness (QED) is 0.593. The van der Waals surface area contributed by atoms with Crippen LogP contribution in [0.3, 0.4) is 0 Å². The summed E-state index contributed by atoms with van der Waals surface area (Å²) in [5.41, 5.74) is 8.99. The number of hydrogen-bond donors (Lipinski definition) is 2. The van der Waals surface area contributed by atoms with E-state index in [1.165, 1.54) is 7.11 Å². The number of anilines is 1. The monoisotopic (exact) mass is 382 g/mol. The fourth-order valence-electron chi connectivity index (χ4n) is 3.36. The number of allylic oxidation sites excluding steroid dienone is 1. The van der Waals surface area contributed by atoms with Gasteiger partial charge in [-0.05, 0) is 25.0 Å². The van der Waals surface area contributed by atoms with E-state index in [0.29, 0.717) is 42.3 Å². The Labute approximate surface area is 165 Å². The Morgan fingerprint density at radius 3 is 2.68 bits per heavy atom. The number of carbonyl (C=O) groups is 1. The fourth-order valence-corrected chi connectivity index (χ4v) is 3.36. The summed E-state index contributed by atoms with van der Waals surface area (Å²) in [5, 5.41) is 9.64. The van der Waals surface area contributed by atoms with E-state index in [2.05, 4.69) is 0 Å². The number of hydrogen-bond acceptors (Lipinski definition) is 5. The lowest BCUT2D eigenvalue weighted by Gasteiger charge is -2.24. The molecule has 0 radical (unpaired) electrons. The summed E-state index contributed by atoms with van der Waals surface area (Å²) in [6.45, 7) is 2.72. The number of carbonyl (C=O) groups excluding carboxylic acids is 1. The average Bonchev–Trinajstić information content (AvgIpc) is 3.16. The molecule has 148 valence electrons. The van der Waals surface area contributed by atoms with Gasteiger partial charge in [-0.3, -0.25) is 4.79 Å². The second-order valence-corrected chi connectivity index (χ2v) is 6.79. The van der Waals surface area contributed by atoms with Crippen LogP contribution in [0.2, 0.25) is 0 Å². The molecular weight excluding hydrogens is 356 g/mol. The third kappa shape index (κ3) is 4.12.